The van der Waals surface area contributed by atoms with E-state index < -0.39 is 0 Å². The van der Waals surface area contributed by atoms with Gasteiger partial charge in [0.25, 0.3) is 0 Å². The molecule has 0 amide bonds. The van der Waals surface area contributed by atoms with E-state index in [1.165, 1.54) is 10.9 Å². The summed E-state index contributed by atoms with van der Waals surface area (Å²) < 4.78 is 2.05. The van der Waals surface area contributed by atoms with Crippen LogP contribution in [0.25, 0.3) is 10.9 Å². The molecule has 0 saturated carbocycles. The van der Waals surface area contributed by atoms with E-state index >= 15 is 0 Å². The quantitative estimate of drug-likeness (QED) is 0.770. The van der Waals surface area contributed by atoms with Gasteiger partial charge < -0.3 is 9.67 Å². The molecular formula is C19H23N5O. The number of para-hydroxylation sites is 1. The van der Waals surface area contributed by atoms with Crippen molar-refractivity contribution in [3.05, 3.63) is 54.2 Å². The minimum atomic E-state index is -0.315. The van der Waals surface area contributed by atoms with Crippen LogP contribution >= 0.6 is 0 Å². The molecule has 6 heteroatoms. The molecule has 1 aromatic carbocycles. The van der Waals surface area contributed by atoms with Gasteiger partial charge in [-0.05, 0) is 31.0 Å². The van der Waals surface area contributed by atoms with E-state index in [4.69, 9.17) is 0 Å². The topological polar surface area (TPSA) is 67.1 Å². The predicted molar refractivity (Wildman–Crippen MR) is 95.9 cm³/mol. The fourth-order valence-electron chi connectivity index (χ4n) is 3.75. The largest absolute Gasteiger partial charge is 0.391 e. The molecule has 0 aliphatic carbocycles. The highest BCUT2D eigenvalue weighted by atomic mass is 16.3. The number of rotatable bonds is 5. The fourth-order valence-corrected chi connectivity index (χ4v) is 3.75. The van der Waals surface area contributed by atoms with Crippen molar-refractivity contribution in [3.63, 3.8) is 0 Å². The Balaban J connectivity index is 1.48. The second-order valence-electron chi connectivity index (χ2n) is 6.75. The third kappa shape index (κ3) is 3.27. The smallest absolute Gasteiger partial charge is 0.146 e. The molecule has 130 valence electrons. The van der Waals surface area contributed by atoms with Gasteiger partial charge in [-0.2, -0.15) is 0 Å². The van der Waals surface area contributed by atoms with Crippen LogP contribution in [0.2, 0.25) is 0 Å². The second-order valence-corrected chi connectivity index (χ2v) is 6.75. The third-order valence-corrected chi connectivity index (χ3v) is 5.11. The summed E-state index contributed by atoms with van der Waals surface area (Å²) in [6.45, 7) is 5.24. The molecule has 3 heterocycles. The van der Waals surface area contributed by atoms with E-state index in [2.05, 4.69) is 43.7 Å². The number of fused-ring (bicyclic) bond motifs is 1. The van der Waals surface area contributed by atoms with Crippen molar-refractivity contribution in [3.8, 4) is 0 Å². The lowest BCUT2D eigenvalue weighted by Crippen LogP contribution is -2.23. The summed E-state index contributed by atoms with van der Waals surface area (Å²) in [4.78, 5) is 6.70. The van der Waals surface area contributed by atoms with Gasteiger partial charge in [-0.1, -0.05) is 18.2 Å². The number of benzene rings is 1. The Bertz CT molecular complexity index is 856. The van der Waals surface area contributed by atoms with E-state index in [-0.39, 0.29) is 12.0 Å². The van der Waals surface area contributed by atoms with E-state index in [1.54, 1.807) is 6.33 Å². The number of aromatic nitrogens is 4. The van der Waals surface area contributed by atoms with Gasteiger partial charge >= 0.3 is 0 Å². The second kappa shape index (κ2) is 6.90. The zero-order chi connectivity index (χ0) is 17.2. The van der Waals surface area contributed by atoms with E-state index in [1.807, 2.05) is 24.4 Å². The highest BCUT2D eigenvalue weighted by molar-refractivity contribution is 5.81. The Morgan fingerprint density at radius 3 is 2.96 bits per heavy atom. The van der Waals surface area contributed by atoms with Crippen molar-refractivity contribution in [2.24, 2.45) is 5.92 Å². The molecule has 0 spiro atoms. The lowest BCUT2D eigenvalue weighted by Gasteiger charge is -2.16. The first-order valence-electron chi connectivity index (χ1n) is 8.84. The zero-order valence-corrected chi connectivity index (χ0v) is 14.4. The lowest BCUT2D eigenvalue weighted by atomic mass is 9.94. The van der Waals surface area contributed by atoms with Crippen LogP contribution in [0.1, 0.15) is 18.3 Å². The van der Waals surface area contributed by atoms with Crippen molar-refractivity contribution in [2.45, 2.75) is 32.5 Å². The average Bonchev–Trinajstić information content (AvgIpc) is 3.22. The summed E-state index contributed by atoms with van der Waals surface area (Å²) in [6, 6.07) is 10.3. The van der Waals surface area contributed by atoms with Gasteiger partial charge in [0, 0.05) is 37.1 Å². The Labute approximate surface area is 147 Å². The van der Waals surface area contributed by atoms with Crippen LogP contribution in [0.5, 0.6) is 0 Å². The summed E-state index contributed by atoms with van der Waals surface area (Å²) in [7, 11) is 0. The normalized spacial score (nSPS) is 21.2. The van der Waals surface area contributed by atoms with Crippen molar-refractivity contribution >= 4 is 10.9 Å². The number of hydrogen-bond acceptors (Lipinski definition) is 5. The van der Waals surface area contributed by atoms with Gasteiger partial charge in [-0.3, -0.25) is 9.88 Å². The van der Waals surface area contributed by atoms with Crippen LogP contribution < -0.4 is 0 Å². The molecule has 1 fully saturated rings. The fraction of sp³-hybridized carbons (Fsp3) is 0.421. The number of likely N-dealkylation sites (tertiary alicyclic amines) is 1. The lowest BCUT2D eigenvalue weighted by molar-refractivity contribution is 0.140. The zero-order valence-electron chi connectivity index (χ0n) is 14.4. The number of nitrogens with zero attached hydrogens (tertiary/aromatic N) is 5. The number of pyridine rings is 1. The van der Waals surface area contributed by atoms with Gasteiger partial charge in [-0.15, -0.1) is 10.2 Å². The van der Waals surface area contributed by atoms with Gasteiger partial charge in [0.2, 0.25) is 0 Å². The Morgan fingerprint density at radius 1 is 1.20 bits per heavy atom. The highest BCUT2D eigenvalue weighted by Crippen LogP contribution is 2.26. The van der Waals surface area contributed by atoms with Gasteiger partial charge in [0.1, 0.15) is 12.2 Å². The molecule has 6 nitrogen and oxygen atoms in total. The van der Waals surface area contributed by atoms with Gasteiger partial charge in [0.15, 0.2) is 0 Å². The van der Waals surface area contributed by atoms with Crippen molar-refractivity contribution < 1.29 is 5.11 Å². The van der Waals surface area contributed by atoms with Crippen molar-refractivity contribution in [1.82, 2.24) is 24.6 Å². The monoisotopic (exact) mass is 337 g/mol. The number of aliphatic hydroxyl groups is 1. The molecule has 0 radical (unpaired) electrons. The maximum atomic E-state index is 10.5. The van der Waals surface area contributed by atoms with Gasteiger partial charge in [-0.25, -0.2) is 0 Å². The summed E-state index contributed by atoms with van der Waals surface area (Å²) >= 11 is 0. The molecule has 1 saturated heterocycles. The Hall–Kier alpha value is -2.31. The van der Waals surface area contributed by atoms with Crippen LogP contribution in [0.4, 0.5) is 0 Å². The number of β-amino-alcohol motifs (C(OH)–C–C–N with tert-alkyl or cyclic N) is 1. The number of aryl methyl sites for hydroxylation is 1. The summed E-state index contributed by atoms with van der Waals surface area (Å²) in [6.07, 6.45) is 4.18. The van der Waals surface area contributed by atoms with Crippen molar-refractivity contribution in [2.75, 3.05) is 13.1 Å². The molecule has 0 bridgehead atoms. The SMILES string of the molecule is CCn1cnnc1CN1C[C@@H](Cc2ccnc3ccccc23)[C@H](O)C1. The molecule has 1 aliphatic rings. The van der Waals surface area contributed by atoms with Crippen LogP contribution in [0.3, 0.4) is 0 Å². The first-order valence-corrected chi connectivity index (χ1v) is 8.84. The molecular weight excluding hydrogens is 314 g/mol. The molecule has 2 atom stereocenters. The average molecular weight is 337 g/mol. The van der Waals surface area contributed by atoms with Crippen LogP contribution in [0.15, 0.2) is 42.9 Å². The molecule has 1 aliphatic heterocycles. The van der Waals surface area contributed by atoms with E-state index in [9.17, 15) is 5.11 Å². The van der Waals surface area contributed by atoms with E-state index in [0.29, 0.717) is 6.54 Å². The molecule has 1 N–H and O–H groups in total. The molecule has 4 rings (SSSR count). The number of aliphatic hydroxyl groups excluding tert-OH is 1. The van der Waals surface area contributed by atoms with Crippen molar-refractivity contribution in [1.29, 1.82) is 0 Å². The minimum Gasteiger partial charge on any atom is -0.391 e. The van der Waals surface area contributed by atoms with E-state index in [0.717, 1.165) is 37.4 Å². The Morgan fingerprint density at radius 2 is 2.08 bits per heavy atom. The third-order valence-electron chi connectivity index (χ3n) is 5.11. The van der Waals surface area contributed by atoms with Crippen LogP contribution in [-0.4, -0.2) is 48.9 Å². The maximum absolute atomic E-state index is 10.5. The number of hydrogen-bond donors (Lipinski definition) is 1. The first kappa shape index (κ1) is 16.2. The standard InChI is InChI=1S/C19H23N5O/c1-2-24-13-21-22-19(24)12-23-10-15(18(25)11-23)9-14-7-8-20-17-6-4-3-5-16(14)17/h3-8,13,15,18,25H,2,9-12H2,1H3/t15-,18-/m1/s1. The summed E-state index contributed by atoms with van der Waals surface area (Å²) in [5, 5.41) is 19.9. The molecule has 0 unspecified atom stereocenters. The highest BCUT2D eigenvalue weighted by Gasteiger charge is 2.32. The van der Waals surface area contributed by atoms with Crippen LogP contribution in [0, 0.1) is 5.92 Å². The molecule has 25 heavy (non-hydrogen) atoms. The predicted octanol–water partition coefficient (Wildman–Crippen LogP) is 1.88. The first-order chi connectivity index (χ1) is 12.2. The van der Waals surface area contributed by atoms with Crippen LogP contribution in [-0.2, 0) is 19.5 Å². The summed E-state index contributed by atoms with van der Waals surface area (Å²) in [5.74, 6) is 1.19. The maximum Gasteiger partial charge on any atom is 0.146 e. The Kier molecular flexibility index (Phi) is 4.46. The summed E-state index contributed by atoms with van der Waals surface area (Å²) in [5.41, 5.74) is 2.27. The van der Waals surface area contributed by atoms with Gasteiger partial charge in [0.05, 0.1) is 18.2 Å². The molecule has 3 aromatic rings. The molecule has 2 aromatic heterocycles. The minimum absolute atomic E-state index is 0.226.